The second-order valence-electron chi connectivity index (χ2n) is 5.10. The van der Waals surface area contributed by atoms with Crippen LogP contribution in [0.4, 0.5) is 0 Å². The van der Waals surface area contributed by atoms with Crippen LogP contribution in [0, 0.1) is 20.8 Å². The number of aryl methyl sites for hydroxylation is 3. The van der Waals surface area contributed by atoms with Crippen LogP contribution in [-0.4, -0.2) is 40.8 Å². The zero-order valence-corrected chi connectivity index (χ0v) is 13.1. The summed E-state index contributed by atoms with van der Waals surface area (Å²) in [7, 11) is 0. The first-order valence-electron chi connectivity index (χ1n) is 6.82. The van der Waals surface area contributed by atoms with Crippen LogP contribution in [-0.2, 0) is 4.74 Å². The molecule has 3 rings (SSSR count). The van der Waals surface area contributed by atoms with Crippen LogP contribution in [0.5, 0.6) is 0 Å². The first kappa shape index (κ1) is 14.2. The number of rotatable bonds is 2. The number of carbonyl (C=O) groups is 1. The number of thiophene rings is 1. The summed E-state index contributed by atoms with van der Waals surface area (Å²) >= 11 is 1.52. The van der Waals surface area contributed by atoms with E-state index in [1.807, 2.05) is 19.9 Å². The molecule has 0 radical (unpaired) electrons. The van der Waals surface area contributed by atoms with E-state index in [9.17, 15) is 4.79 Å². The van der Waals surface area contributed by atoms with E-state index < -0.39 is 0 Å². The summed E-state index contributed by atoms with van der Waals surface area (Å²) in [6, 6.07) is 1.63. The number of morpholine rings is 1. The molecule has 6 nitrogen and oxygen atoms in total. The molecule has 1 saturated heterocycles. The molecule has 0 spiro atoms. The smallest absolute Gasteiger partial charge is 0.264 e. The molecule has 1 fully saturated rings. The van der Waals surface area contributed by atoms with Crippen molar-refractivity contribution >= 4 is 17.2 Å². The van der Waals surface area contributed by atoms with Gasteiger partial charge in [0, 0.05) is 18.3 Å². The monoisotopic (exact) mass is 307 g/mol. The van der Waals surface area contributed by atoms with Crippen molar-refractivity contribution < 1.29 is 13.9 Å². The Labute approximate surface area is 126 Å². The minimum absolute atomic E-state index is 0.000327. The zero-order chi connectivity index (χ0) is 15.0. The van der Waals surface area contributed by atoms with Crippen molar-refractivity contribution in [3.05, 3.63) is 33.2 Å². The molecule has 112 valence electrons. The van der Waals surface area contributed by atoms with Crippen LogP contribution in [0.2, 0.25) is 0 Å². The van der Waals surface area contributed by atoms with Gasteiger partial charge in [-0.25, -0.2) is 0 Å². The highest BCUT2D eigenvalue weighted by molar-refractivity contribution is 7.14. The molecule has 3 heterocycles. The second-order valence-corrected chi connectivity index (χ2v) is 6.35. The summed E-state index contributed by atoms with van der Waals surface area (Å²) in [5, 5.41) is 7.87. The van der Waals surface area contributed by atoms with Gasteiger partial charge in [-0.15, -0.1) is 21.5 Å². The average Bonchev–Trinajstić information content (AvgIpc) is 3.05. The summed E-state index contributed by atoms with van der Waals surface area (Å²) in [5.41, 5.74) is 1.14. The molecule has 0 saturated carbocycles. The lowest BCUT2D eigenvalue weighted by Gasteiger charge is -2.33. The molecule has 0 aromatic carbocycles. The van der Waals surface area contributed by atoms with Gasteiger partial charge in [0.25, 0.3) is 5.91 Å². The van der Waals surface area contributed by atoms with Crippen molar-refractivity contribution in [2.24, 2.45) is 0 Å². The number of ether oxygens (including phenoxy) is 1. The normalized spacial score (nSPS) is 19.0. The van der Waals surface area contributed by atoms with Gasteiger partial charge in [-0.1, -0.05) is 0 Å². The van der Waals surface area contributed by atoms with E-state index in [2.05, 4.69) is 10.2 Å². The maximum Gasteiger partial charge on any atom is 0.264 e. The molecule has 1 amide bonds. The van der Waals surface area contributed by atoms with Gasteiger partial charge in [0.1, 0.15) is 6.04 Å². The minimum Gasteiger partial charge on any atom is -0.423 e. The van der Waals surface area contributed by atoms with Gasteiger partial charge in [-0.2, -0.15) is 0 Å². The van der Waals surface area contributed by atoms with Crippen LogP contribution in [0.3, 0.4) is 0 Å². The fourth-order valence-electron chi connectivity index (χ4n) is 2.32. The zero-order valence-electron chi connectivity index (χ0n) is 12.3. The van der Waals surface area contributed by atoms with E-state index in [1.165, 1.54) is 11.3 Å². The summed E-state index contributed by atoms with van der Waals surface area (Å²) in [5.74, 6) is 0.927. The Balaban J connectivity index is 1.88. The fraction of sp³-hybridized carbons (Fsp3) is 0.500. The molecule has 2 aromatic heterocycles. The van der Waals surface area contributed by atoms with Crippen molar-refractivity contribution in [2.45, 2.75) is 26.8 Å². The fourth-order valence-corrected chi connectivity index (χ4v) is 3.31. The predicted octanol–water partition coefficient (Wildman–Crippen LogP) is 2.27. The van der Waals surface area contributed by atoms with Gasteiger partial charge in [0.15, 0.2) is 0 Å². The Morgan fingerprint density at radius 3 is 2.81 bits per heavy atom. The Hall–Kier alpha value is -1.73. The third kappa shape index (κ3) is 2.71. The van der Waals surface area contributed by atoms with E-state index in [4.69, 9.17) is 9.15 Å². The highest BCUT2D eigenvalue weighted by Crippen LogP contribution is 2.28. The average molecular weight is 307 g/mol. The van der Waals surface area contributed by atoms with E-state index in [0.29, 0.717) is 31.5 Å². The maximum atomic E-state index is 12.7. The minimum atomic E-state index is -0.310. The molecule has 0 bridgehead atoms. The number of hydrogen-bond donors (Lipinski definition) is 0. The first-order valence-corrected chi connectivity index (χ1v) is 7.63. The Bertz CT molecular complexity index is 645. The van der Waals surface area contributed by atoms with Crippen LogP contribution >= 0.6 is 11.3 Å². The lowest BCUT2D eigenvalue weighted by Crippen LogP contribution is -2.43. The Morgan fingerprint density at radius 1 is 1.38 bits per heavy atom. The molecule has 1 aliphatic heterocycles. The van der Waals surface area contributed by atoms with Gasteiger partial charge in [0.2, 0.25) is 11.8 Å². The van der Waals surface area contributed by atoms with Crippen molar-refractivity contribution in [3.8, 4) is 0 Å². The SMILES string of the molecule is Cc1nnc([C@H]2COCCN2C(=O)c2cc(C)c(C)s2)o1. The van der Waals surface area contributed by atoms with E-state index in [1.54, 1.807) is 11.8 Å². The molecular weight excluding hydrogens is 290 g/mol. The lowest BCUT2D eigenvalue weighted by molar-refractivity contribution is -0.0104. The van der Waals surface area contributed by atoms with Gasteiger partial charge in [-0.3, -0.25) is 4.79 Å². The van der Waals surface area contributed by atoms with Crippen molar-refractivity contribution in [1.82, 2.24) is 15.1 Å². The number of aromatic nitrogens is 2. The summed E-state index contributed by atoms with van der Waals surface area (Å²) < 4.78 is 10.9. The number of amides is 1. The molecule has 0 aliphatic carbocycles. The molecule has 0 N–H and O–H groups in total. The topological polar surface area (TPSA) is 68.5 Å². The molecular formula is C14H17N3O3S. The lowest BCUT2D eigenvalue weighted by atomic mass is 10.2. The van der Waals surface area contributed by atoms with Crippen LogP contribution < -0.4 is 0 Å². The Morgan fingerprint density at radius 2 is 2.19 bits per heavy atom. The summed E-state index contributed by atoms with van der Waals surface area (Å²) in [6.07, 6.45) is 0. The number of hydrogen-bond acceptors (Lipinski definition) is 6. The van der Waals surface area contributed by atoms with Crippen LogP contribution in [0.15, 0.2) is 10.5 Å². The predicted molar refractivity (Wildman–Crippen MR) is 77.4 cm³/mol. The third-order valence-electron chi connectivity index (χ3n) is 3.59. The molecule has 21 heavy (non-hydrogen) atoms. The standard InChI is InChI=1S/C14H17N3O3S/c1-8-6-12(21-9(8)2)14(18)17-4-5-19-7-11(17)13-16-15-10(3)20-13/h6,11H,4-5,7H2,1-3H3/t11-/m1/s1. The van der Waals surface area contributed by atoms with Gasteiger partial charge >= 0.3 is 0 Å². The number of carbonyl (C=O) groups excluding carboxylic acids is 1. The van der Waals surface area contributed by atoms with E-state index in [-0.39, 0.29) is 11.9 Å². The molecule has 7 heteroatoms. The van der Waals surface area contributed by atoms with Gasteiger partial charge in [0.05, 0.1) is 18.1 Å². The second kappa shape index (κ2) is 5.57. The molecule has 1 aliphatic rings. The van der Waals surface area contributed by atoms with Crippen molar-refractivity contribution in [1.29, 1.82) is 0 Å². The van der Waals surface area contributed by atoms with Gasteiger partial charge in [-0.05, 0) is 25.5 Å². The highest BCUT2D eigenvalue weighted by atomic mass is 32.1. The molecule has 2 aromatic rings. The van der Waals surface area contributed by atoms with Crippen molar-refractivity contribution in [3.63, 3.8) is 0 Å². The summed E-state index contributed by atoms with van der Waals surface area (Å²) in [6.45, 7) is 7.21. The third-order valence-corrected chi connectivity index (χ3v) is 4.73. The van der Waals surface area contributed by atoms with E-state index in [0.717, 1.165) is 15.3 Å². The number of nitrogens with zero attached hydrogens (tertiary/aromatic N) is 3. The highest BCUT2D eigenvalue weighted by Gasteiger charge is 2.33. The summed E-state index contributed by atoms with van der Waals surface area (Å²) in [4.78, 5) is 16.4. The Kier molecular flexibility index (Phi) is 3.77. The first-order chi connectivity index (χ1) is 10.1. The quantitative estimate of drug-likeness (QED) is 0.851. The van der Waals surface area contributed by atoms with E-state index >= 15 is 0 Å². The molecule has 1 atom stereocenters. The van der Waals surface area contributed by atoms with Gasteiger partial charge < -0.3 is 14.1 Å². The largest absolute Gasteiger partial charge is 0.423 e. The van der Waals surface area contributed by atoms with Crippen molar-refractivity contribution in [2.75, 3.05) is 19.8 Å². The van der Waals surface area contributed by atoms with Crippen LogP contribution in [0.1, 0.15) is 37.9 Å². The van der Waals surface area contributed by atoms with Crippen LogP contribution in [0.25, 0.3) is 0 Å². The molecule has 0 unspecified atom stereocenters. The maximum absolute atomic E-state index is 12.7.